The van der Waals surface area contributed by atoms with Crippen LogP contribution in [0.2, 0.25) is 0 Å². The first-order valence-electron chi connectivity index (χ1n) is 11.3. The summed E-state index contributed by atoms with van der Waals surface area (Å²) in [5.41, 5.74) is 13.9. The lowest BCUT2D eigenvalue weighted by molar-refractivity contribution is -0.144. The van der Waals surface area contributed by atoms with E-state index in [9.17, 15) is 19.5 Å². The molecule has 2 aromatic rings. The van der Waals surface area contributed by atoms with Gasteiger partial charge in [0.05, 0.1) is 18.4 Å². The van der Waals surface area contributed by atoms with Crippen molar-refractivity contribution in [1.29, 1.82) is 0 Å². The number of carbonyl (C=O) groups excluding carboxylic acids is 1. The van der Waals surface area contributed by atoms with Crippen LogP contribution in [-0.2, 0) is 16.1 Å². The van der Waals surface area contributed by atoms with E-state index in [1.165, 1.54) is 4.90 Å². The molecule has 0 fully saturated rings. The number of nitrogens with zero attached hydrogens (tertiary/aromatic N) is 5. The monoisotopic (exact) mass is 498 g/mol. The summed E-state index contributed by atoms with van der Waals surface area (Å²) in [6, 6.07) is 4.99. The fraction of sp³-hybridized carbons (Fsp3) is 0.391. The van der Waals surface area contributed by atoms with Crippen molar-refractivity contribution in [2.45, 2.75) is 51.5 Å². The number of anilines is 2. The van der Waals surface area contributed by atoms with Crippen LogP contribution in [-0.4, -0.2) is 68.0 Å². The fourth-order valence-electron chi connectivity index (χ4n) is 3.90. The van der Waals surface area contributed by atoms with Crippen molar-refractivity contribution in [2.24, 2.45) is 16.5 Å². The zero-order valence-corrected chi connectivity index (χ0v) is 20.3. The number of carboxylic acid groups (broad SMARTS) is 2. The van der Waals surface area contributed by atoms with Gasteiger partial charge >= 0.3 is 11.9 Å². The molecule has 0 saturated heterocycles. The number of amides is 1. The molecule has 1 amide bonds. The second kappa shape index (κ2) is 11.0. The van der Waals surface area contributed by atoms with Crippen molar-refractivity contribution in [3.8, 4) is 0 Å². The van der Waals surface area contributed by atoms with Gasteiger partial charge in [-0.05, 0) is 44.5 Å². The number of carbonyl (C=O) groups is 3. The third-order valence-electron chi connectivity index (χ3n) is 5.65. The lowest BCUT2D eigenvalue weighted by Crippen LogP contribution is -2.49. The number of guanidine groups is 1. The molecule has 3 rings (SSSR count). The van der Waals surface area contributed by atoms with Gasteiger partial charge < -0.3 is 36.8 Å². The molecular weight excluding hydrogens is 468 g/mol. The number of nitrogens with one attached hydrogen (secondary N) is 1. The number of aromatic nitrogens is 2. The van der Waals surface area contributed by atoms with E-state index in [1.807, 2.05) is 11.9 Å². The Morgan fingerprint density at radius 1 is 1.17 bits per heavy atom. The topological polar surface area (TPSA) is 200 Å². The minimum atomic E-state index is -1.25. The van der Waals surface area contributed by atoms with Crippen LogP contribution >= 0.6 is 0 Å². The summed E-state index contributed by atoms with van der Waals surface area (Å²) in [7, 11) is 1.85. The van der Waals surface area contributed by atoms with Crippen LogP contribution in [0.25, 0.3) is 0 Å². The molecular formula is C23H30N8O5. The van der Waals surface area contributed by atoms with Gasteiger partial charge in [0.25, 0.3) is 5.91 Å². The summed E-state index contributed by atoms with van der Waals surface area (Å²) in [4.78, 5) is 52.0. The van der Waals surface area contributed by atoms with Gasteiger partial charge in [0.2, 0.25) is 0 Å². The van der Waals surface area contributed by atoms with Crippen LogP contribution in [0.3, 0.4) is 0 Å². The number of carboxylic acids is 2. The van der Waals surface area contributed by atoms with Crippen LogP contribution in [0.15, 0.2) is 35.5 Å². The normalized spacial score (nSPS) is 15.4. The average molecular weight is 499 g/mol. The molecule has 1 aliphatic heterocycles. The van der Waals surface area contributed by atoms with Crippen molar-refractivity contribution in [3.63, 3.8) is 0 Å². The van der Waals surface area contributed by atoms with Crippen molar-refractivity contribution < 1.29 is 24.6 Å². The molecule has 36 heavy (non-hydrogen) atoms. The van der Waals surface area contributed by atoms with Crippen LogP contribution in [0.4, 0.5) is 11.5 Å². The summed E-state index contributed by atoms with van der Waals surface area (Å²) in [6.07, 6.45) is 0.353. The van der Waals surface area contributed by atoms with E-state index >= 15 is 0 Å². The van der Waals surface area contributed by atoms with Crippen LogP contribution in [0.5, 0.6) is 0 Å². The van der Waals surface area contributed by atoms with E-state index in [1.54, 1.807) is 44.3 Å². The van der Waals surface area contributed by atoms with Gasteiger partial charge in [0.1, 0.15) is 17.9 Å². The maximum absolute atomic E-state index is 13.2. The summed E-state index contributed by atoms with van der Waals surface area (Å²) in [6.45, 7) is 3.78. The van der Waals surface area contributed by atoms with E-state index in [0.717, 1.165) is 5.69 Å². The zero-order valence-electron chi connectivity index (χ0n) is 20.3. The predicted octanol–water partition coefficient (Wildman–Crippen LogP) is 0.979. The van der Waals surface area contributed by atoms with E-state index in [-0.39, 0.29) is 18.8 Å². The maximum atomic E-state index is 13.2. The highest BCUT2D eigenvalue weighted by Gasteiger charge is 2.32. The van der Waals surface area contributed by atoms with Gasteiger partial charge in [-0.2, -0.15) is 0 Å². The van der Waals surface area contributed by atoms with E-state index in [2.05, 4.69) is 20.3 Å². The smallest absolute Gasteiger partial charge is 0.326 e. The number of benzene rings is 1. The molecule has 192 valence electrons. The number of nitrogens with two attached hydrogens (primary N) is 2. The maximum Gasteiger partial charge on any atom is 0.326 e. The Morgan fingerprint density at radius 2 is 1.83 bits per heavy atom. The lowest BCUT2D eigenvalue weighted by Gasteiger charge is -2.32. The molecule has 2 atom stereocenters. The number of rotatable bonds is 10. The van der Waals surface area contributed by atoms with Crippen LogP contribution < -0.4 is 21.7 Å². The first-order valence-corrected chi connectivity index (χ1v) is 11.3. The molecule has 13 nitrogen and oxygen atoms in total. The predicted molar refractivity (Wildman–Crippen MR) is 132 cm³/mol. The van der Waals surface area contributed by atoms with Crippen LogP contribution in [0, 0.1) is 0 Å². The lowest BCUT2D eigenvalue weighted by atomic mass is 10.0. The van der Waals surface area contributed by atoms with Gasteiger partial charge in [-0.15, -0.1) is 0 Å². The van der Waals surface area contributed by atoms with E-state index in [4.69, 9.17) is 16.6 Å². The molecule has 0 saturated carbocycles. The first kappa shape index (κ1) is 26.3. The quantitative estimate of drug-likeness (QED) is 0.312. The number of aliphatic imine (C=N–C) groups is 1. The van der Waals surface area contributed by atoms with Crippen LogP contribution in [0.1, 0.15) is 54.6 Å². The second-order valence-electron chi connectivity index (χ2n) is 8.67. The third kappa shape index (κ3) is 6.05. The highest BCUT2D eigenvalue weighted by molar-refractivity contribution is 5.97. The van der Waals surface area contributed by atoms with Crippen molar-refractivity contribution in [1.82, 2.24) is 14.9 Å². The average Bonchev–Trinajstić information content (AvgIpc) is 2.81. The molecule has 0 radical (unpaired) electrons. The second-order valence-corrected chi connectivity index (χ2v) is 8.67. The number of hydrogen-bond acceptors (Lipinski definition) is 10. The Labute approximate surface area is 207 Å². The SMILES string of the molecule is CC(C)N(C(=O)c1ccc(N(C)Cc2cnc3c(n2)C(N)N=C(N)N3)cc1)C(CCC(=O)O)C(=O)O. The standard InChI is InChI=1S/C23H30N8O5/c1-12(2)31(16(22(35)36)8-9-17(32)33)21(34)13-4-6-15(7-5-13)30(3)11-14-10-26-20-18(27-14)19(24)28-23(25)29-20/h4-7,10,12,16,19H,8-9,11,24H2,1-3H3,(H,32,33)(H,35,36)(H3,25,26,28,29). The van der Waals surface area contributed by atoms with Gasteiger partial charge in [0, 0.05) is 30.8 Å². The van der Waals surface area contributed by atoms with Gasteiger partial charge in [-0.3, -0.25) is 9.59 Å². The Balaban J connectivity index is 1.74. The Kier molecular flexibility index (Phi) is 8.04. The highest BCUT2D eigenvalue weighted by Crippen LogP contribution is 2.24. The van der Waals surface area contributed by atoms with Crippen molar-refractivity contribution in [3.05, 3.63) is 47.4 Å². The zero-order chi connectivity index (χ0) is 26.6. The van der Waals surface area contributed by atoms with Gasteiger partial charge in [-0.1, -0.05) is 0 Å². The number of fused-ring (bicyclic) bond motifs is 1. The number of hydrogen-bond donors (Lipinski definition) is 5. The molecule has 2 heterocycles. The Morgan fingerprint density at radius 3 is 2.42 bits per heavy atom. The summed E-state index contributed by atoms with van der Waals surface area (Å²) in [5, 5.41) is 21.4. The Bertz CT molecular complexity index is 1170. The van der Waals surface area contributed by atoms with E-state index in [0.29, 0.717) is 29.3 Å². The summed E-state index contributed by atoms with van der Waals surface area (Å²) >= 11 is 0. The third-order valence-corrected chi connectivity index (χ3v) is 5.65. The molecule has 2 unspecified atom stereocenters. The molecule has 0 spiro atoms. The number of aliphatic carboxylic acids is 2. The minimum absolute atomic E-state index is 0.177. The molecule has 1 aromatic carbocycles. The Hall–Kier alpha value is -4.26. The minimum Gasteiger partial charge on any atom is -0.481 e. The molecule has 13 heteroatoms. The first-order chi connectivity index (χ1) is 17.0. The summed E-state index contributed by atoms with van der Waals surface area (Å²) < 4.78 is 0. The molecule has 0 aliphatic carbocycles. The largest absolute Gasteiger partial charge is 0.481 e. The highest BCUT2D eigenvalue weighted by atomic mass is 16.4. The van der Waals surface area contributed by atoms with E-state index < -0.39 is 36.1 Å². The van der Waals surface area contributed by atoms with Crippen molar-refractivity contribution >= 4 is 35.3 Å². The molecule has 7 N–H and O–H groups in total. The fourth-order valence-corrected chi connectivity index (χ4v) is 3.90. The molecule has 0 bridgehead atoms. The molecule has 1 aliphatic rings. The summed E-state index contributed by atoms with van der Waals surface area (Å²) in [5.74, 6) is -2.22. The van der Waals surface area contributed by atoms with Crippen molar-refractivity contribution in [2.75, 3.05) is 17.3 Å². The van der Waals surface area contributed by atoms with Gasteiger partial charge in [-0.25, -0.2) is 19.8 Å². The molecule has 1 aromatic heterocycles. The van der Waals surface area contributed by atoms with Gasteiger partial charge in [0.15, 0.2) is 11.8 Å².